The lowest BCUT2D eigenvalue weighted by atomic mass is 10.2. The monoisotopic (exact) mass is 572 g/mol. The molecule has 0 bridgehead atoms. The van der Waals surface area contributed by atoms with Gasteiger partial charge in [0.05, 0.1) is 32.8 Å². The van der Waals surface area contributed by atoms with E-state index in [1.165, 1.54) is 0 Å². The number of carbonyl (C=O) groups is 2. The van der Waals surface area contributed by atoms with Gasteiger partial charge >= 0.3 is 19.8 Å². The van der Waals surface area contributed by atoms with Gasteiger partial charge in [0.1, 0.15) is 12.2 Å². The van der Waals surface area contributed by atoms with E-state index in [9.17, 15) is 29.3 Å². The van der Waals surface area contributed by atoms with Crippen LogP contribution < -0.4 is 0 Å². The average molecular weight is 573 g/mol. The van der Waals surface area contributed by atoms with Crippen LogP contribution in [0.4, 0.5) is 0 Å². The highest BCUT2D eigenvalue weighted by Crippen LogP contribution is 2.43. The molecule has 39 heavy (non-hydrogen) atoms. The summed E-state index contributed by atoms with van der Waals surface area (Å²) in [5.41, 5.74) is 0. The van der Waals surface area contributed by atoms with Gasteiger partial charge in [0.15, 0.2) is 0 Å². The first-order valence-electron chi connectivity index (χ1n) is 13.2. The first kappa shape index (κ1) is 36.7. The zero-order valence-electron chi connectivity index (χ0n) is 23.1. The number of aliphatic hydroxyl groups is 2. The van der Waals surface area contributed by atoms with Crippen molar-refractivity contribution in [1.82, 2.24) is 0 Å². The Hall–Kier alpha value is -2.33. The van der Waals surface area contributed by atoms with Gasteiger partial charge in [-0.05, 0) is 38.5 Å². The Morgan fingerprint density at radius 3 is 1.51 bits per heavy atom. The number of hydrogen-bond acceptors (Lipinski definition) is 9. The molecule has 10 nitrogen and oxygen atoms in total. The number of phosphoric ester groups is 1. The van der Waals surface area contributed by atoms with Crippen LogP contribution in [-0.4, -0.2) is 65.7 Å². The van der Waals surface area contributed by atoms with Gasteiger partial charge in [0.25, 0.3) is 0 Å². The Kier molecular flexibility index (Phi) is 23.2. The van der Waals surface area contributed by atoms with E-state index in [2.05, 4.69) is 43.4 Å². The highest BCUT2D eigenvalue weighted by Gasteiger charge is 2.27. The quantitative estimate of drug-likeness (QED) is 0.0879. The van der Waals surface area contributed by atoms with Crippen molar-refractivity contribution in [3.8, 4) is 0 Å². The van der Waals surface area contributed by atoms with Crippen LogP contribution in [0.15, 0.2) is 60.8 Å². The van der Waals surface area contributed by atoms with Crippen molar-refractivity contribution in [3.63, 3.8) is 0 Å². The molecule has 0 aromatic heterocycles. The second kappa shape index (κ2) is 24.7. The van der Waals surface area contributed by atoms with Gasteiger partial charge in [0.2, 0.25) is 0 Å². The lowest BCUT2D eigenvalue weighted by Gasteiger charge is -2.20. The van der Waals surface area contributed by atoms with Crippen LogP contribution in [0.3, 0.4) is 0 Å². The second-order valence-electron chi connectivity index (χ2n) is 8.31. The maximum absolute atomic E-state index is 12.0. The highest BCUT2D eigenvalue weighted by molar-refractivity contribution is 7.47. The third-order valence-corrected chi connectivity index (χ3v) is 5.70. The highest BCUT2D eigenvalue weighted by atomic mass is 31.2. The number of ether oxygens (including phenoxy) is 2. The largest absolute Gasteiger partial charge is 0.472 e. The van der Waals surface area contributed by atoms with Crippen LogP contribution in [0.25, 0.3) is 0 Å². The van der Waals surface area contributed by atoms with Crippen LogP contribution >= 0.6 is 7.82 Å². The molecule has 0 aliphatic rings. The molecule has 3 atom stereocenters. The molecule has 0 aromatic carbocycles. The van der Waals surface area contributed by atoms with Crippen LogP contribution in [0.2, 0.25) is 0 Å². The molecule has 0 rings (SSSR count). The van der Waals surface area contributed by atoms with E-state index in [0.29, 0.717) is 12.8 Å². The molecule has 0 aliphatic heterocycles. The van der Waals surface area contributed by atoms with Crippen molar-refractivity contribution >= 4 is 19.8 Å². The van der Waals surface area contributed by atoms with Gasteiger partial charge in [0, 0.05) is 6.42 Å². The molecule has 11 heteroatoms. The fourth-order valence-electron chi connectivity index (χ4n) is 2.75. The smallest absolute Gasteiger partial charge is 0.457 e. The van der Waals surface area contributed by atoms with E-state index in [1.807, 2.05) is 12.2 Å². The number of esters is 2. The third kappa shape index (κ3) is 23.3. The second-order valence-corrected chi connectivity index (χ2v) is 9.76. The Labute approximate surface area is 232 Å². The molecule has 222 valence electrons. The predicted octanol–water partition coefficient (Wildman–Crippen LogP) is 4.87. The lowest BCUT2D eigenvalue weighted by Crippen LogP contribution is -2.28. The topological polar surface area (TPSA) is 149 Å². The molecule has 0 heterocycles. The average Bonchev–Trinajstić information content (AvgIpc) is 2.91. The SMILES string of the molecule is CC/C=C\C/C=C\C/C=C\C/C=C\C/C=C\CC(=O)OC(CO)COP(=O)(O)OCC(CO)OC(=O)CCC. The van der Waals surface area contributed by atoms with Gasteiger partial charge in [-0.1, -0.05) is 74.6 Å². The van der Waals surface area contributed by atoms with Crippen LogP contribution in [0.5, 0.6) is 0 Å². The fraction of sp³-hybridized carbons (Fsp3) is 0.571. The maximum atomic E-state index is 12.0. The van der Waals surface area contributed by atoms with Gasteiger partial charge in [-0.15, -0.1) is 0 Å². The molecule has 0 fully saturated rings. The van der Waals surface area contributed by atoms with Gasteiger partial charge < -0.3 is 24.6 Å². The van der Waals surface area contributed by atoms with Gasteiger partial charge in [-0.3, -0.25) is 18.6 Å². The number of phosphoric acid groups is 1. The van der Waals surface area contributed by atoms with Crippen molar-refractivity contribution in [2.75, 3.05) is 26.4 Å². The summed E-state index contributed by atoms with van der Waals surface area (Å²) in [5, 5.41) is 18.6. The van der Waals surface area contributed by atoms with Gasteiger partial charge in [-0.2, -0.15) is 0 Å². The summed E-state index contributed by atoms with van der Waals surface area (Å²) >= 11 is 0. The van der Waals surface area contributed by atoms with Crippen LogP contribution in [0.1, 0.15) is 65.2 Å². The summed E-state index contributed by atoms with van der Waals surface area (Å²) in [6, 6.07) is 0. The molecule has 0 saturated carbocycles. The third-order valence-electron chi connectivity index (χ3n) is 4.75. The summed E-state index contributed by atoms with van der Waals surface area (Å²) < 4.78 is 31.5. The molecule has 0 aliphatic carbocycles. The predicted molar refractivity (Wildman–Crippen MR) is 150 cm³/mol. The normalized spacial score (nSPS) is 15.5. The summed E-state index contributed by atoms with van der Waals surface area (Å²) in [5.74, 6) is -1.22. The van der Waals surface area contributed by atoms with Crippen molar-refractivity contribution in [1.29, 1.82) is 0 Å². The van der Waals surface area contributed by atoms with E-state index in [4.69, 9.17) is 18.5 Å². The Morgan fingerprint density at radius 1 is 0.692 bits per heavy atom. The standard InChI is InChI=1S/C28H45O10P/c1-3-5-6-7-8-9-10-11-12-13-14-15-16-17-18-20-28(32)38-26(22-30)24-36-39(33,34)35-23-25(21-29)37-27(31)19-4-2/h5-6,8-9,11-12,14-15,17-18,25-26,29-30H,3-4,7,10,13,16,19-24H2,1-2H3,(H,33,34)/b6-5-,9-8-,12-11-,15-14-,18-17-. The maximum Gasteiger partial charge on any atom is 0.472 e. The van der Waals surface area contributed by atoms with Crippen LogP contribution in [-0.2, 0) is 32.7 Å². The molecule has 0 aromatic rings. The minimum absolute atomic E-state index is 0.0430. The summed E-state index contributed by atoms with van der Waals surface area (Å²) in [7, 11) is -4.62. The Balaban J connectivity index is 4.19. The molecule has 0 amide bonds. The summed E-state index contributed by atoms with van der Waals surface area (Å²) in [6.45, 7) is 1.47. The summed E-state index contributed by atoms with van der Waals surface area (Å²) in [6.07, 6.45) is 22.9. The number of carbonyl (C=O) groups excluding carboxylic acids is 2. The molecule has 3 unspecified atom stereocenters. The van der Waals surface area contributed by atoms with E-state index < -0.39 is 58.4 Å². The minimum Gasteiger partial charge on any atom is -0.457 e. The molecule has 0 spiro atoms. The van der Waals surface area contributed by atoms with Crippen molar-refractivity contribution < 1.29 is 47.8 Å². The molecule has 3 N–H and O–H groups in total. The molecular formula is C28H45O10P. The number of rotatable bonds is 23. The molecule has 0 saturated heterocycles. The van der Waals surface area contributed by atoms with E-state index in [0.717, 1.165) is 25.7 Å². The van der Waals surface area contributed by atoms with Crippen molar-refractivity contribution in [2.45, 2.75) is 77.4 Å². The summed E-state index contributed by atoms with van der Waals surface area (Å²) in [4.78, 5) is 33.2. The number of aliphatic hydroxyl groups excluding tert-OH is 2. The van der Waals surface area contributed by atoms with Gasteiger partial charge in [-0.25, -0.2) is 4.57 Å². The zero-order chi connectivity index (χ0) is 29.2. The minimum atomic E-state index is -4.62. The Bertz CT molecular complexity index is 847. The number of allylic oxidation sites excluding steroid dienone is 9. The van der Waals surface area contributed by atoms with E-state index in [1.54, 1.807) is 19.1 Å². The zero-order valence-corrected chi connectivity index (χ0v) is 24.0. The first-order chi connectivity index (χ1) is 18.8. The van der Waals surface area contributed by atoms with Crippen LogP contribution in [0, 0.1) is 0 Å². The first-order valence-corrected chi connectivity index (χ1v) is 14.7. The lowest BCUT2D eigenvalue weighted by molar-refractivity contribution is -0.153. The molecular weight excluding hydrogens is 527 g/mol. The fourth-order valence-corrected chi connectivity index (χ4v) is 3.54. The van der Waals surface area contributed by atoms with E-state index >= 15 is 0 Å². The van der Waals surface area contributed by atoms with Crippen molar-refractivity contribution in [3.05, 3.63) is 60.8 Å². The molecule has 0 radical (unpaired) electrons. The Morgan fingerprint density at radius 2 is 1.10 bits per heavy atom. The van der Waals surface area contributed by atoms with E-state index in [-0.39, 0.29) is 12.8 Å². The van der Waals surface area contributed by atoms with Crippen molar-refractivity contribution in [2.24, 2.45) is 0 Å². The number of hydrogen-bond donors (Lipinski definition) is 3.